The molecule has 2 rings (SSSR count). The van der Waals surface area contributed by atoms with E-state index in [1.54, 1.807) is 11.3 Å². The maximum Gasteiger partial charge on any atom is 0.180 e. The zero-order valence-electron chi connectivity index (χ0n) is 8.92. The molecule has 0 amide bonds. The third kappa shape index (κ3) is 2.08. The van der Waals surface area contributed by atoms with Gasteiger partial charge in [0.15, 0.2) is 5.13 Å². The molecule has 1 aromatic rings. The second-order valence-electron chi connectivity index (χ2n) is 5.04. The minimum atomic E-state index is 0.548. The summed E-state index contributed by atoms with van der Waals surface area (Å²) in [5.74, 6) is 0.720. The highest BCUT2D eigenvalue weighted by molar-refractivity contribution is 7.15. The molecule has 0 bridgehead atoms. The van der Waals surface area contributed by atoms with Crippen LogP contribution in [0.1, 0.15) is 50.3 Å². The van der Waals surface area contributed by atoms with E-state index in [1.165, 1.54) is 30.6 Å². The molecule has 0 saturated heterocycles. The molecule has 1 heterocycles. The molecular weight excluding hydrogens is 192 g/mol. The number of anilines is 1. The third-order valence-corrected chi connectivity index (χ3v) is 4.27. The number of nitrogen functional groups attached to an aromatic ring is 1. The molecule has 2 N–H and O–H groups in total. The molecule has 0 spiro atoms. The Morgan fingerprint density at radius 3 is 2.57 bits per heavy atom. The monoisotopic (exact) mass is 210 g/mol. The van der Waals surface area contributed by atoms with Crippen molar-refractivity contribution in [3.05, 3.63) is 11.1 Å². The Kier molecular flexibility index (Phi) is 2.52. The summed E-state index contributed by atoms with van der Waals surface area (Å²) < 4.78 is 0. The summed E-state index contributed by atoms with van der Waals surface area (Å²) in [5, 5.41) is 0.713. The van der Waals surface area contributed by atoms with E-state index in [0.29, 0.717) is 10.5 Å². The van der Waals surface area contributed by atoms with E-state index in [0.717, 1.165) is 5.92 Å². The zero-order chi connectivity index (χ0) is 10.2. The van der Waals surface area contributed by atoms with Crippen molar-refractivity contribution >= 4 is 16.5 Å². The van der Waals surface area contributed by atoms with Crippen molar-refractivity contribution in [2.24, 2.45) is 5.41 Å². The summed E-state index contributed by atoms with van der Waals surface area (Å²) in [5.41, 5.74) is 6.19. The van der Waals surface area contributed by atoms with Crippen LogP contribution in [-0.2, 0) is 0 Å². The molecular formula is C11H18N2S. The maximum atomic E-state index is 5.65. The molecule has 0 atom stereocenters. The number of thiazole rings is 1. The van der Waals surface area contributed by atoms with E-state index >= 15 is 0 Å². The molecule has 0 radical (unpaired) electrons. The Bertz CT molecular complexity index is 307. The van der Waals surface area contributed by atoms with Crippen molar-refractivity contribution < 1.29 is 0 Å². The first-order chi connectivity index (χ1) is 6.57. The Morgan fingerprint density at radius 1 is 1.43 bits per heavy atom. The molecule has 2 nitrogen and oxygen atoms in total. The lowest BCUT2D eigenvalue weighted by atomic mass is 9.73. The Balaban J connectivity index is 2.02. The minimum absolute atomic E-state index is 0.548. The van der Waals surface area contributed by atoms with Crippen LogP contribution in [0.25, 0.3) is 0 Å². The van der Waals surface area contributed by atoms with Gasteiger partial charge in [0.2, 0.25) is 0 Å². The molecule has 0 aliphatic heterocycles. The smallest absolute Gasteiger partial charge is 0.180 e. The van der Waals surface area contributed by atoms with E-state index in [2.05, 4.69) is 18.8 Å². The number of aromatic nitrogens is 1. The number of nitrogens with two attached hydrogens (primary N) is 1. The van der Waals surface area contributed by atoms with Crippen LogP contribution in [0.4, 0.5) is 5.13 Å². The molecule has 78 valence electrons. The van der Waals surface area contributed by atoms with E-state index in [1.807, 2.05) is 6.20 Å². The van der Waals surface area contributed by atoms with Crippen molar-refractivity contribution in [2.45, 2.75) is 45.4 Å². The standard InChI is InChI=1S/C11H18N2S/c1-11(2)5-3-8(4-6-11)9-7-13-10(12)14-9/h7-8H,3-6H2,1-2H3,(H2,12,13). The van der Waals surface area contributed by atoms with Crippen molar-refractivity contribution in [2.75, 3.05) is 5.73 Å². The number of rotatable bonds is 1. The topological polar surface area (TPSA) is 38.9 Å². The van der Waals surface area contributed by atoms with Crippen molar-refractivity contribution in [1.82, 2.24) is 4.98 Å². The average Bonchev–Trinajstić information content (AvgIpc) is 2.52. The van der Waals surface area contributed by atoms with Gasteiger partial charge in [-0.15, -0.1) is 11.3 Å². The first-order valence-corrected chi connectivity index (χ1v) is 6.10. The van der Waals surface area contributed by atoms with Gasteiger partial charge in [-0.3, -0.25) is 0 Å². The van der Waals surface area contributed by atoms with Crippen molar-refractivity contribution in [3.8, 4) is 0 Å². The zero-order valence-corrected chi connectivity index (χ0v) is 9.73. The highest BCUT2D eigenvalue weighted by Gasteiger charge is 2.28. The Labute approximate surface area is 89.5 Å². The van der Waals surface area contributed by atoms with Gasteiger partial charge in [0.1, 0.15) is 0 Å². The van der Waals surface area contributed by atoms with Crippen LogP contribution in [0.5, 0.6) is 0 Å². The predicted molar refractivity (Wildman–Crippen MR) is 61.5 cm³/mol. The maximum absolute atomic E-state index is 5.65. The van der Waals surface area contributed by atoms with E-state index in [-0.39, 0.29) is 0 Å². The van der Waals surface area contributed by atoms with Gasteiger partial charge in [0, 0.05) is 11.1 Å². The summed E-state index contributed by atoms with van der Waals surface area (Å²) in [6.45, 7) is 4.73. The molecule has 0 aromatic carbocycles. The van der Waals surface area contributed by atoms with E-state index < -0.39 is 0 Å². The molecule has 1 saturated carbocycles. The second-order valence-corrected chi connectivity index (χ2v) is 6.13. The van der Waals surface area contributed by atoms with Crippen LogP contribution in [0.2, 0.25) is 0 Å². The van der Waals surface area contributed by atoms with Crippen molar-refractivity contribution in [3.63, 3.8) is 0 Å². The van der Waals surface area contributed by atoms with Gasteiger partial charge in [-0.2, -0.15) is 0 Å². The third-order valence-electron chi connectivity index (χ3n) is 3.28. The van der Waals surface area contributed by atoms with Gasteiger partial charge < -0.3 is 5.73 Å². The fourth-order valence-electron chi connectivity index (χ4n) is 2.17. The summed E-state index contributed by atoms with van der Waals surface area (Å²) >= 11 is 1.66. The number of nitrogens with zero attached hydrogens (tertiary/aromatic N) is 1. The quantitative estimate of drug-likeness (QED) is 0.771. The summed E-state index contributed by atoms with van der Waals surface area (Å²) in [4.78, 5) is 5.51. The first kappa shape index (κ1) is 9.97. The SMILES string of the molecule is CC1(C)CCC(c2cnc(N)s2)CC1. The number of hydrogen-bond donors (Lipinski definition) is 1. The highest BCUT2D eigenvalue weighted by Crippen LogP contribution is 2.43. The van der Waals surface area contributed by atoms with Crippen LogP contribution < -0.4 is 5.73 Å². The average molecular weight is 210 g/mol. The summed E-state index contributed by atoms with van der Waals surface area (Å²) in [6, 6.07) is 0. The lowest BCUT2D eigenvalue weighted by Gasteiger charge is -2.33. The molecule has 1 aliphatic carbocycles. The molecule has 0 unspecified atom stereocenters. The van der Waals surface area contributed by atoms with E-state index in [4.69, 9.17) is 5.73 Å². The molecule has 14 heavy (non-hydrogen) atoms. The van der Waals surface area contributed by atoms with Crippen LogP contribution in [0, 0.1) is 5.41 Å². The number of hydrogen-bond acceptors (Lipinski definition) is 3. The molecule has 1 fully saturated rings. The van der Waals surface area contributed by atoms with Crippen LogP contribution in [0.3, 0.4) is 0 Å². The predicted octanol–water partition coefficient (Wildman–Crippen LogP) is 3.41. The fourth-order valence-corrected chi connectivity index (χ4v) is 3.03. The normalized spacial score (nSPS) is 22.4. The van der Waals surface area contributed by atoms with E-state index in [9.17, 15) is 0 Å². The lowest BCUT2D eigenvalue weighted by molar-refractivity contribution is 0.226. The van der Waals surface area contributed by atoms with Gasteiger partial charge in [0.25, 0.3) is 0 Å². The summed E-state index contributed by atoms with van der Waals surface area (Å²) in [7, 11) is 0. The van der Waals surface area contributed by atoms with Crippen LogP contribution in [0.15, 0.2) is 6.20 Å². The highest BCUT2D eigenvalue weighted by atomic mass is 32.1. The second kappa shape index (κ2) is 3.54. The van der Waals surface area contributed by atoms with Gasteiger partial charge in [-0.05, 0) is 37.0 Å². The minimum Gasteiger partial charge on any atom is -0.375 e. The summed E-state index contributed by atoms with van der Waals surface area (Å²) in [6.07, 6.45) is 7.22. The Morgan fingerprint density at radius 2 is 2.07 bits per heavy atom. The van der Waals surface area contributed by atoms with Crippen LogP contribution in [-0.4, -0.2) is 4.98 Å². The lowest BCUT2D eigenvalue weighted by Crippen LogP contribution is -2.19. The van der Waals surface area contributed by atoms with Gasteiger partial charge in [-0.25, -0.2) is 4.98 Å². The Hall–Kier alpha value is -0.570. The largest absolute Gasteiger partial charge is 0.375 e. The van der Waals surface area contributed by atoms with Crippen molar-refractivity contribution in [1.29, 1.82) is 0 Å². The molecule has 1 aromatic heterocycles. The van der Waals surface area contributed by atoms with Crippen LogP contribution >= 0.6 is 11.3 Å². The van der Waals surface area contributed by atoms with Gasteiger partial charge in [0.05, 0.1) is 0 Å². The fraction of sp³-hybridized carbons (Fsp3) is 0.727. The first-order valence-electron chi connectivity index (χ1n) is 5.28. The molecule has 1 aliphatic rings. The molecule has 3 heteroatoms. The van der Waals surface area contributed by atoms with Gasteiger partial charge >= 0.3 is 0 Å². The van der Waals surface area contributed by atoms with Gasteiger partial charge in [-0.1, -0.05) is 13.8 Å².